The maximum atomic E-state index is 14.5. The van der Waals surface area contributed by atoms with Crippen molar-refractivity contribution < 1.29 is 30.8 Å². The van der Waals surface area contributed by atoms with Crippen LogP contribution in [-0.2, 0) is 15.6 Å². The molecule has 3 rings (SSSR count). The van der Waals surface area contributed by atoms with Gasteiger partial charge in [-0.3, -0.25) is 10.2 Å². The molecule has 0 unspecified atom stereocenters. The van der Waals surface area contributed by atoms with Crippen LogP contribution in [0.4, 0.5) is 23.2 Å². The molecule has 160 valence electrons. The molecule has 30 heavy (non-hydrogen) atoms. The third kappa shape index (κ3) is 3.79. The van der Waals surface area contributed by atoms with Crippen LogP contribution in [0.2, 0.25) is 0 Å². The number of guanidine groups is 1. The number of rotatable bonds is 3. The molecule has 0 saturated carbocycles. The summed E-state index contributed by atoms with van der Waals surface area (Å²) in [7, 11) is -2.88. The van der Waals surface area contributed by atoms with E-state index < -0.39 is 67.7 Å². The highest BCUT2D eigenvalue weighted by molar-refractivity contribution is 7.89. The predicted molar refractivity (Wildman–Crippen MR) is 98.2 cm³/mol. The molecule has 1 aromatic heterocycles. The lowest BCUT2D eigenvalue weighted by Crippen LogP contribution is -2.61. The highest BCUT2D eigenvalue weighted by Gasteiger charge is 2.44. The molecule has 1 amide bonds. The smallest absolute Gasteiger partial charge is 0.277 e. The number of nitrogens with zero attached hydrogens (tertiary/aromatic N) is 2. The number of sulfonamides is 1. The number of amides is 1. The van der Waals surface area contributed by atoms with Crippen molar-refractivity contribution in [2.24, 2.45) is 0 Å². The van der Waals surface area contributed by atoms with Gasteiger partial charge in [-0.2, -0.15) is 0 Å². The fraction of sp³-hybridized carbons (Fsp3) is 0.235. The molecular formula is C17H15F4N5O3S. The van der Waals surface area contributed by atoms with Gasteiger partial charge in [0.2, 0.25) is 16.0 Å². The predicted octanol–water partition coefficient (Wildman–Crippen LogP) is 1.91. The molecule has 3 N–H and O–H groups in total. The first-order valence-corrected chi connectivity index (χ1v) is 9.90. The lowest BCUT2D eigenvalue weighted by atomic mass is 9.92. The minimum absolute atomic E-state index is 0.328. The summed E-state index contributed by atoms with van der Waals surface area (Å²) in [5.74, 6) is -7.51. The first-order valence-electron chi connectivity index (χ1n) is 8.29. The van der Waals surface area contributed by atoms with Crippen LogP contribution >= 0.6 is 0 Å². The van der Waals surface area contributed by atoms with Crippen molar-refractivity contribution >= 4 is 27.6 Å². The van der Waals surface area contributed by atoms with Crippen LogP contribution in [0.15, 0.2) is 24.4 Å². The van der Waals surface area contributed by atoms with Gasteiger partial charge in [0.05, 0.1) is 17.5 Å². The van der Waals surface area contributed by atoms with Crippen molar-refractivity contribution in [3.8, 4) is 0 Å². The average molecular weight is 445 g/mol. The Labute approximate surface area is 168 Å². The van der Waals surface area contributed by atoms with E-state index in [1.165, 1.54) is 6.92 Å². The summed E-state index contributed by atoms with van der Waals surface area (Å²) in [6, 6.07) is 1.99. The number of pyridine rings is 1. The molecular weight excluding hydrogens is 430 g/mol. The van der Waals surface area contributed by atoms with Crippen molar-refractivity contribution in [3.05, 3.63) is 58.9 Å². The molecule has 0 aliphatic carbocycles. The van der Waals surface area contributed by atoms with E-state index in [0.717, 1.165) is 13.1 Å². The summed E-state index contributed by atoms with van der Waals surface area (Å²) >= 11 is 0. The maximum Gasteiger partial charge on any atom is 0.277 e. The van der Waals surface area contributed by atoms with Gasteiger partial charge in [-0.05, 0) is 13.0 Å². The van der Waals surface area contributed by atoms with E-state index in [9.17, 15) is 30.8 Å². The summed E-state index contributed by atoms with van der Waals surface area (Å²) in [6.45, 7) is 1.25. The van der Waals surface area contributed by atoms with E-state index >= 15 is 0 Å². The topological polar surface area (TPSA) is 115 Å². The maximum absolute atomic E-state index is 14.5. The van der Waals surface area contributed by atoms with E-state index in [0.29, 0.717) is 22.6 Å². The van der Waals surface area contributed by atoms with Gasteiger partial charge in [0.25, 0.3) is 5.91 Å². The van der Waals surface area contributed by atoms with Gasteiger partial charge in [0.1, 0.15) is 5.82 Å². The van der Waals surface area contributed by atoms with Gasteiger partial charge in [-0.1, -0.05) is 0 Å². The Morgan fingerprint density at radius 1 is 1.23 bits per heavy atom. The normalized spacial score (nSPS) is 20.6. The molecule has 1 fully saturated rings. The highest BCUT2D eigenvalue weighted by Crippen LogP contribution is 2.33. The molecule has 2 aromatic rings. The minimum atomic E-state index is -4.01. The van der Waals surface area contributed by atoms with E-state index in [-0.39, 0.29) is 5.69 Å². The van der Waals surface area contributed by atoms with Gasteiger partial charge in [-0.15, -0.1) is 0 Å². The number of anilines is 1. The van der Waals surface area contributed by atoms with Crippen LogP contribution in [0, 0.1) is 28.7 Å². The lowest BCUT2D eigenvalue weighted by molar-refractivity contribution is 0.101. The van der Waals surface area contributed by atoms with E-state index in [2.05, 4.69) is 15.6 Å². The van der Waals surface area contributed by atoms with Crippen LogP contribution in [0.3, 0.4) is 0 Å². The van der Waals surface area contributed by atoms with Crippen molar-refractivity contribution in [1.82, 2.24) is 14.6 Å². The van der Waals surface area contributed by atoms with Crippen molar-refractivity contribution in [2.75, 3.05) is 18.1 Å². The Balaban J connectivity index is 2.00. The zero-order chi connectivity index (χ0) is 22.4. The number of benzene rings is 1. The lowest BCUT2D eigenvalue weighted by Gasteiger charge is -2.40. The first-order chi connectivity index (χ1) is 13.8. The fourth-order valence-electron chi connectivity index (χ4n) is 2.96. The summed E-state index contributed by atoms with van der Waals surface area (Å²) < 4.78 is 80.6. The Morgan fingerprint density at radius 2 is 1.90 bits per heavy atom. The molecule has 2 heterocycles. The Kier molecular flexibility index (Phi) is 5.18. The zero-order valence-electron chi connectivity index (χ0n) is 15.6. The Hall–Kier alpha value is -3.22. The third-order valence-electron chi connectivity index (χ3n) is 4.50. The monoisotopic (exact) mass is 445 g/mol. The minimum Gasteiger partial charge on any atom is -0.345 e. The molecule has 1 aromatic carbocycles. The van der Waals surface area contributed by atoms with Gasteiger partial charge in [-0.25, -0.2) is 35.3 Å². The van der Waals surface area contributed by atoms with Crippen LogP contribution in [0.1, 0.15) is 23.0 Å². The van der Waals surface area contributed by atoms with Crippen LogP contribution in [0.5, 0.6) is 0 Å². The second-order valence-electron chi connectivity index (χ2n) is 6.79. The second-order valence-corrected chi connectivity index (χ2v) is 8.79. The van der Waals surface area contributed by atoms with Gasteiger partial charge in [0, 0.05) is 30.4 Å². The van der Waals surface area contributed by atoms with Crippen molar-refractivity contribution in [3.63, 3.8) is 0 Å². The van der Waals surface area contributed by atoms with Crippen LogP contribution in [-0.4, -0.2) is 42.4 Å². The molecule has 1 aliphatic rings. The fourth-order valence-corrected chi connectivity index (χ4v) is 4.43. The average Bonchev–Trinajstić information content (AvgIpc) is 2.62. The summed E-state index contributed by atoms with van der Waals surface area (Å²) in [6.07, 6.45) is 0.606. The molecule has 1 aliphatic heterocycles. The summed E-state index contributed by atoms with van der Waals surface area (Å²) in [5, 5.41) is 12.4. The zero-order valence-corrected chi connectivity index (χ0v) is 16.4. The summed E-state index contributed by atoms with van der Waals surface area (Å²) in [4.78, 5) is 15.5. The third-order valence-corrected chi connectivity index (χ3v) is 6.46. The number of hydrogen-bond acceptors (Lipinski definition) is 5. The quantitative estimate of drug-likeness (QED) is 0.625. The standard InChI is InChI=1S/C17H15F4N5O3S/c1-17(7-30(28,29)26(2)16(22)25-17)10-4-9(5-11(19)13(10)21)24-15(27)14-12(20)3-8(18)6-23-14/h3-6H,7H2,1-2H3,(H2,22,25)(H,24,27)/t17-/m0/s1. The van der Waals surface area contributed by atoms with E-state index in [4.69, 9.17) is 5.41 Å². The summed E-state index contributed by atoms with van der Waals surface area (Å²) in [5.41, 5.74) is -3.33. The Morgan fingerprint density at radius 3 is 2.50 bits per heavy atom. The largest absolute Gasteiger partial charge is 0.345 e. The number of hydrogen-bond donors (Lipinski definition) is 3. The molecule has 13 heteroatoms. The van der Waals surface area contributed by atoms with Crippen molar-refractivity contribution in [2.45, 2.75) is 12.5 Å². The van der Waals surface area contributed by atoms with Gasteiger partial charge >= 0.3 is 0 Å². The second kappa shape index (κ2) is 7.23. The number of nitrogens with one attached hydrogen (secondary N) is 3. The van der Waals surface area contributed by atoms with E-state index in [1.54, 1.807) is 0 Å². The number of carbonyl (C=O) groups excluding carboxylic acids is 1. The van der Waals surface area contributed by atoms with Crippen LogP contribution in [0.25, 0.3) is 0 Å². The first kappa shape index (κ1) is 21.5. The Bertz CT molecular complexity index is 1170. The number of carbonyl (C=O) groups is 1. The van der Waals surface area contributed by atoms with E-state index in [1.807, 2.05) is 0 Å². The SMILES string of the molecule is CN1C(=N)N[C@](C)(c2cc(NC(=O)c3ncc(F)cc3F)cc(F)c2F)CS1(=O)=O. The number of halogens is 4. The molecule has 1 saturated heterocycles. The molecule has 0 spiro atoms. The highest BCUT2D eigenvalue weighted by atomic mass is 32.2. The molecule has 0 bridgehead atoms. The van der Waals surface area contributed by atoms with Gasteiger partial charge in [0.15, 0.2) is 23.1 Å². The van der Waals surface area contributed by atoms with Crippen LogP contribution < -0.4 is 10.6 Å². The number of aromatic nitrogens is 1. The molecule has 0 radical (unpaired) electrons. The molecule has 1 atom stereocenters. The van der Waals surface area contributed by atoms with Crippen molar-refractivity contribution in [1.29, 1.82) is 5.41 Å². The molecule has 8 nitrogen and oxygen atoms in total. The van der Waals surface area contributed by atoms with Gasteiger partial charge < -0.3 is 10.6 Å².